The van der Waals surface area contributed by atoms with Crippen LogP contribution in [0.2, 0.25) is 5.02 Å². The number of nitrogens with zero attached hydrogens (tertiary/aromatic N) is 3. The number of halogens is 3. The van der Waals surface area contributed by atoms with E-state index in [2.05, 4.69) is 25.8 Å². The Kier molecular flexibility index (Phi) is 7.84. The molecule has 1 saturated carbocycles. The molecule has 0 N–H and O–H groups in total. The summed E-state index contributed by atoms with van der Waals surface area (Å²) in [5, 5.41) is 0.512. The third-order valence-electron chi connectivity index (χ3n) is 6.68. The molecule has 2 fully saturated rings. The highest BCUT2D eigenvalue weighted by Crippen LogP contribution is 2.31. The van der Waals surface area contributed by atoms with Gasteiger partial charge in [0.2, 0.25) is 0 Å². The number of Topliss-reactive ketones (excluding diaryl/α,β-unsaturated/α-hetero) is 1. The second-order valence-corrected chi connectivity index (χ2v) is 10.6. The average molecular weight is 565 g/mol. The molecule has 0 atom stereocenters. The van der Waals surface area contributed by atoms with Crippen LogP contribution in [0.25, 0.3) is 11.0 Å². The van der Waals surface area contributed by atoms with Gasteiger partial charge in [-0.25, -0.2) is 9.37 Å². The van der Waals surface area contributed by atoms with Crippen LogP contribution < -0.4 is 0 Å². The summed E-state index contributed by atoms with van der Waals surface area (Å²) in [6.07, 6.45) is 4.13. The van der Waals surface area contributed by atoms with E-state index in [9.17, 15) is 4.79 Å². The van der Waals surface area contributed by atoms with Crippen LogP contribution in [0, 0.1) is 11.7 Å². The fourth-order valence-electron chi connectivity index (χ4n) is 4.41. The first-order valence-electron chi connectivity index (χ1n) is 12.0. The fourth-order valence-corrected chi connectivity index (χ4v) is 5.15. The molecule has 0 unspecified atom stereocenters. The van der Waals surface area contributed by atoms with Gasteiger partial charge in [0.15, 0.2) is 11.6 Å². The minimum Gasteiger partial charge on any atom is -0.379 e. The molecule has 1 aliphatic heterocycles. The zero-order chi connectivity index (χ0) is 24.4. The summed E-state index contributed by atoms with van der Waals surface area (Å²) in [6, 6.07) is 7.25. The first-order valence-corrected chi connectivity index (χ1v) is 13.2. The van der Waals surface area contributed by atoms with Crippen molar-refractivity contribution >= 4 is 44.3 Å². The maximum absolute atomic E-state index is 15.9. The quantitative estimate of drug-likeness (QED) is 0.320. The molecule has 0 radical (unpaired) electrons. The highest BCUT2D eigenvalue weighted by molar-refractivity contribution is 9.10. The van der Waals surface area contributed by atoms with Crippen LogP contribution in [0.4, 0.5) is 4.39 Å². The lowest BCUT2D eigenvalue weighted by Gasteiger charge is -2.26. The molecule has 186 valence electrons. The second kappa shape index (κ2) is 11.0. The smallest absolute Gasteiger partial charge is 0.188 e. The Morgan fingerprint density at radius 3 is 2.77 bits per heavy atom. The molecule has 1 aromatic heterocycles. The molecule has 0 amide bonds. The van der Waals surface area contributed by atoms with Gasteiger partial charge in [-0.1, -0.05) is 33.6 Å². The largest absolute Gasteiger partial charge is 0.379 e. The summed E-state index contributed by atoms with van der Waals surface area (Å²) in [7, 11) is 0. The van der Waals surface area contributed by atoms with Crippen LogP contribution in [-0.2, 0) is 22.4 Å². The van der Waals surface area contributed by atoms with E-state index in [-0.39, 0.29) is 24.3 Å². The highest BCUT2D eigenvalue weighted by atomic mass is 79.9. The number of benzene rings is 2. The molecule has 2 heterocycles. The maximum Gasteiger partial charge on any atom is 0.188 e. The molecule has 0 bridgehead atoms. The van der Waals surface area contributed by atoms with Crippen molar-refractivity contribution in [3.8, 4) is 0 Å². The van der Waals surface area contributed by atoms with Gasteiger partial charge in [-0.15, -0.1) is 0 Å². The van der Waals surface area contributed by atoms with E-state index in [1.807, 2.05) is 16.7 Å². The minimum absolute atomic E-state index is 0.0650. The van der Waals surface area contributed by atoms with Crippen LogP contribution in [0.3, 0.4) is 0 Å². The summed E-state index contributed by atoms with van der Waals surface area (Å²) < 4.78 is 29.8. The Balaban J connectivity index is 1.46. The number of fused-ring (bicyclic) bond motifs is 1. The van der Waals surface area contributed by atoms with Crippen molar-refractivity contribution in [1.29, 1.82) is 0 Å². The van der Waals surface area contributed by atoms with Crippen molar-refractivity contribution in [1.82, 2.24) is 14.5 Å². The standard InChI is InChI=1S/C26H28BrClFN3O3/c27-19-4-3-18(22(28)12-19)11-21-20(24(33)15-35-14-17-1-2-17)13-23-26(25(21)29)30-16-32(23)6-5-31-7-9-34-10-8-31/h3-4,12-13,16-17H,1-2,5-11,14-15H2. The first-order chi connectivity index (χ1) is 17.0. The van der Waals surface area contributed by atoms with Gasteiger partial charge >= 0.3 is 0 Å². The van der Waals surface area contributed by atoms with Crippen molar-refractivity contribution in [3.63, 3.8) is 0 Å². The molecular weight excluding hydrogens is 537 g/mol. The van der Waals surface area contributed by atoms with Gasteiger partial charge in [0.25, 0.3) is 0 Å². The van der Waals surface area contributed by atoms with Gasteiger partial charge in [0.05, 0.1) is 31.7 Å². The molecular formula is C26H28BrClFN3O3. The van der Waals surface area contributed by atoms with E-state index in [1.54, 1.807) is 18.5 Å². The summed E-state index contributed by atoms with van der Waals surface area (Å²) in [5.74, 6) is -0.155. The molecule has 35 heavy (non-hydrogen) atoms. The number of carbonyl (C=O) groups excluding carboxylic acids is 1. The summed E-state index contributed by atoms with van der Waals surface area (Å²) in [4.78, 5) is 19.9. The Hall–Kier alpha value is -1.84. The predicted octanol–water partition coefficient (Wildman–Crippen LogP) is 5.12. The number of imidazole rings is 1. The van der Waals surface area contributed by atoms with Gasteiger partial charge in [-0.3, -0.25) is 9.69 Å². The molecule has 2 aliphatic rings. The van der Waals surface area contributed by atoms with Crippen LogP contribution in [0.5, 0.6) is 0 Å². The minimum atomic E-state index is -0.475. The third kappa shape index (κ3) is 5.94. The second-order valence-electron chi connectivity index (χ2n) is 9.27. The maximum atomic E-state index is 15.9. The van der Waals surface area contributed by atoms with Crippen LogP contribution in [0.1, 0.15) is 34.3 Å². The summed E-state index contributed by atoms with van der Waals surface area (Å²) >= 11 is 9.84. The number of rotatable bonds is 10. The molecule has 3 aromatic rings. The number of carbonyl (C=O) groups is 1. The van der Waals surface area contributed by atoms with E-state index in [0.29, 0.717) is 40.7 Å². The lowest BCUT2D eigenvalue weighted by atomic mass is 9.95. The van der Waals surface area contributed by atoms with Gasteiger partial charge < -0.3 is 14.0 Å². The van der Waals surface area contributed by atoms with E-state index in [0.717, 1.165) is 55.7 Å². The van der Waals surface area contributed by atoms with E-state index >= 15 is 4.39 Å². The van der Waals surface area contributed by atoms with E-state index in [4.69, 9.17) is 21.1 Å². The number of ether oxygens (including phenoxy) is 2. The molecule has 0 spiro atoms. The number of aromatic nitrogens is 2. The molecule has 1 saturated heterocycles. The highest BCUT2D eigenvalue weighted by Gasteiger charge is 2.25. The van der Waals surface area contributed by atoms with E-state index < -0.39 is 5.82 Å². The van der Waals surface area contributed by atoms with Crippen LogP contribution >= 0.6 is 27.5 Å². The van der Waals surface area contributed by atoms with Crippen molar-refractivity contribution in [3.05, 3.63) is 62.6 Å². The van der Waals surface area contributed by atoms with Crippen LogP contribution in [0.15, 0.2) is 35.1 Å². The molecule has 2 aromatic carbocycles. The van der Waals surface area contributed by atoms with E-state index in [1.165, 1.54) is 0 Å². The van der Waals surface area contributed by atoms with Crippen molar-refractivity contribution in [2.24, 2.45) is 5.92 Å². The van der Waals surface area contributed by atoms with Gasteiger partial charge in [0.1, 0.15) is 12.1 Å². The monoisotopic (exact) mass is 563 g/mol. The summed E-state index contributed by atoms with van der Waals surface area (Å²) in [5.41, 5.74) is 2.27. The molecule has 1 aliphatic carbocycles. The van der Waals surface area contributed by atoms with Crippen LogP contribution in [-0.4, -0.2) is 66.3 Å². The van der Waals surface area contributed by atoms with Crippen molar-refractivity contribution in [2.75, 3.05) is 46.1 Å². The number of morpholine rings is 1. The molecule has 6 nitrogen and oxygen atoms in total. The number of ketones is 1. The Labute approximate surface area is 217 Å². The van der Waals surface area contributed by atoms with Gasteiger partial charge in [-0.2, -0.15) is 0 Å². The Morgan fingerprint density at radius 2 is 2.03 bits per heavy atom. The topological polar surface area (TPSA) is 56.6 Å². The Morgan fingerprint density at radius 1 is 1.23 bits per heavy atom. The lowest BCUT2D eigenvalue weighted by Crippen LogP contribution is -2.38. The number of hydrogen-bond donors (Lipinski definition) is 0. The predicted molar refractivity (Wildman–Crippen MR) is 137 cm³/mol. The Bertz CT molecular complexity index is 1220. The number of hydrogen-bond acceptors (Lipinski definition) is 5. The van der Waals surface area contributed by atoms with Crippen molar-refractivity contribution in [2.45, 2.75) is 25.8 Å². The normalized spacial score (nSPS) is 16.8. The molecule has 5 rings (SSSR count). The van der Waals surface area contributed by atoms with Gasteiger partial charge in [0, 0.05) is 53.2 Å². The average Bonchev–Trinajstić information content (AvgIpc) is 3.59. The SMILES string of the molecule is O=C(COCC1CC1)c1cc2c(ncn2CCN2CCOCC2)c(F)c1Cc1ccc(Br)cc1Cl. The zero-order valence-electron chi connectivity index (χ0n) is 19.4. The summed E-state index contributed by atoms with van der Waals surface area (Å²) in [6.45, 7) is 5.16. The zero-order valence-corrected chi connectivity index (χ0v) is 21.8. The first kappa shape index (κ1) is 24.8. The van der Waals surface area contributed by atoms with Crippen molar-refractivity contribution < 1.29 is 18.7 Å². The van der Waals surface area contributed by atoms with Gasteiger partial charge in [-0.05, 0) is 42.5 Å². The lowest BCUT2D eigenvalue weighted by molar-refractivity contribution is 0.0365. The fraction of sp³-hybridized carbons (Fsp3) is 0.462. The molecule has 9 heteroatoms. The third-order valence-corrected chi connectivity index (χ3v) is 7.53.